The maximum atomic E-state index is 9.73. The number of hydrogen-bond donors (Lipinski definition) is 2. The molecule has 2 unspecified atom stereocenters. The van der Waals surface area contributed by atoms with Crippen molar-refractivity contribution in [2.45, 2.75) is 44.1 Å². The Hall–Kier alpha value is -0.160. The molecule has 1 saturated carbocycles. The van der Waals surface area contributed by atoms with Crippen LogP contribution in [0.5, 0.6) is 0 Å². The lowest BCUT2D eigenvalue weighted by atomic mass is 9.85. The molecule has 2 N–H and O–H groups in total. The van der Waals surface area contributed by atoms with Crippen LogP contribution in [0.1, 0.15) is 38.5 Å². The second-order valence-electron chi connectivity index (χ2n) is 6.68. The molecule has 0 radical (unpaired) electrons. The molecule has 20 heavy (non-hydrogen) atoms. The smallest absolute Gasteiger partial charge is 0.0615 e. The van der Waals surface area contributed by atoms with Crippen LogP contribution < -0.4 is 5.32 Å². The number of methoxy groups -OCH3 is 1. The lowest BCUT2D eigenvalue weighted by molar-refractivity contribution is 0.0868. The third-order valence-corrected chi connectivity index (χ3v) is 5.64. The monoisotopic (exact) mass is 284 g/mol. The minimum absolute atomic E-state index is 0.00558. The van der Waals surface area contributed by atoms with Gasteiger partial charge in [0.1, 0.15) is 0 Å². The maximum Gasteiger partial charge on any atom is 0.0615 e. The van der Waals surface area contributed by atoms with Gasteiger partial charge in [0.25, 0.3) is 0 Å². The van der Waals surface area contributed by atoms with Crippen molar-refractivity contribution in [3.63, 3.8) is 0 Å². The SMILES string of the molecule is CNC1(CO)CCCC1CCN1CCC(COC)CC1. The number of likely N-dealkylation sites (N-methyl/N-ethyl adjacent to an activating group) is 1. The van der Waals surface area contributed by atoms with Gasteiger partial charge in [-0.1, -0.05) is 6.42 Å². The van der Waals surface area contributed by atoms with E-state index in [1.165, 1.54) is 51.7 Å². The Morgan fingerprint density at radius 3 is 2.65 bits per heavy atom. The molecule has 2 atom stereocenters. The molecule has 0 aromatic heterocycles. The summed E-state index contributed by atoms with van der Waals surface area (Å²) in [5, 5.41) is 13.1. The molecule has 0 aromatic carbocycles. The van der Waals surface area contributed by atoms with Gasteiger partial charge in [-0.05, 0) is 70.6 Å². The van der Waals surface area contributed by atoms with Crippen molar-refractivity contribution < 1.29 is 9.84 Å². The van der Waals surface area contributed by atoms with Gasteiger partial charge in [0, 0.05) is 19.3 Å². The van der Waals surface area contributed by atoms with E-state index in [-0.39, 0.29) is 12.1 Å². The van der Waals surface area contributed by atoms with Crippen LogP contribution in [-0.2, 0) is 4.74 Å². The minimum Gasteiger partial charge on any atom is -0.394 e. The summed E-state index contributed by atoms with van der Waals surface area (Å²) in [6.45, 7) is 4.82. The minimum atomic E-state index is -0.00558. The average molecular weight is 284 g/mol. The predicted octanol–water partition coefficient (Wildman–Crippen LogP) is 1.49. The first-order valence-electron chi connectivity index (χ1n) is 8.25. The van der Waals surface area contributed by atoms with E-state index in [4.69, 9.17) is 4.74 Å². The molecule has 2 fully saturated rings. The highest BCUT2D eigenvalue weighted by molar-refractivity contribution is 4.98. The molecular weight excluding hydrogens is 252 g/mol. The van der Waals surface area contributed by atoms with Crippen molar-refractivity contribution in [3.8, 4) is 0 Å². The molecule has 1 saturated heterocycles. The molecule has 0 bridgehead atoms. The topological polar surface area (TPSA) is 44.7 Å². The van der Waals surface area contributed by atoms with E-state index in [1.807, 2.05) is 7.05 Å². The van der Waals surface area contributed by atoms with Gasteiger partial charge >= 0.3 is 0 Å². The first-order chi connectivity index (χ1) is 9.74. The van der Waals surface area contributed by atoms with Crippen LogP contribution in [0.3, 0.4) is 0 Å². The van der Waals surface area contributed by atoms with Gasteiger partial charge in [-0.15, -0.1) is 0 Å². The fraction of sp³-hybridized carbons (Fsp3) is 1.00. The number of rotatable bonds is 7. The molecule has 0 spiro atoms. The van der Waals surface area contributed by atoms with E-state index >= 15 is 0 Å². The van der Waals surface area contributed by atoms with Crippen molar-refractivity contribution in [1.82, 2.24) is 10.2 Å². The largest absolute Gasteiger partial charge is 0.394 e. The summed E-state index contributed by atoms with van der Waals surface area (Å²) in [4.78, 5) is 2.60. The Labute approximate surface area is 123 Å². The van der Waals surface area contributed by atoms with E-state index in [1.54, 1.807) is 7.11 Å². The number of nitrogens with one attached hydrogen (secondary N) is 1. The zero-order chi connectivity index (χ0) is 14.4. The van der Waals surface area contributed by atoms with Crippen molar-refractivity contribution in [1.29, 1.82) is 0 Å². The lowest BCUT2D eigenvalue weighted by Gasteiger charge is -2.36. The van der Waals surface area contributed by atoms with Crippen molar-refractivity contribution in [2.75, 3.05) is 47.0 Å². The highest BCUT2D eigenvalue weighted by atomic mass is 16.5. The Morgan fingerprint density at radius 1 is 1.30 bits per heavy atom. The van der Waals surface area contributed by atoms with Crippen molar-refractivity contribution in [2.24, 2.45) is 11.8 Å². The normalized spacial score (nSPS) is 32.9. The molecule has 4 nitrogen and oxygen atoms in total. The van der Waals surface area contributed by atoms with Gasteiger partial charge < -0.3 is 20.1 Å². The third kappa shape index (κ3) is 3.73. The van der Waals surface area contributed by atoms with E-state index in [0.29, 0.717) is 5.92 Å². The second-order valence-corrected chi connectivity index (χ2v) is 6.68. The Morgan fingerprint density at radius 2 is 2.05 bits per heavy atom. The van der Waals surface area contributed by atoms with E-state index < -0.39 is 0 Å². The molecule has 2 rings (SSSR count). The number of nitrogens with zero attached hydrogens (tertiary/aromatic N) is 1. The van der Waals surface area contributed by atoms with E-state index in [2.05, 4.69) is 10.2 Å². The first kappa shape index (κ1) is 16.2. The van der Waals surface area contributed by atoms with E-state index in [0.717, 1.165) is 18.9 Å². The molecule has 1 heterocycles. The molecule has 1 aliphatic carbocycles. The second kappa shape index (κ2) is 7.74. The zero-order valence-electron chi connectivity index (χ0n) is 13.2. The highest BCUT2D eigenvalue weighted by Crippen LogP contribution is 2.37. The van der Waals surface area contributed by atoms with Gasteiger partial charge in [0.15, 0.2) is 0 Å². The number of aliphatic hydroxyl groups is 1. The van der Waals surface area contributed by atoms with Gasteiger partial charge in [-0.3, -0.25) is 0 Å². The molecule has 118 valence electrons. The van der Waals surface area contributed by atoms with Gasteiger partial charge in [-0.2, -0.15) is 0 Å². The standard InChI is InChI=1S/C16H32N2O2/c1-17-16(13-19)8-3-4-15(16)7-11-18-9-5-14(6-10-18)12-20-2/h14-15,17,19H,3-13H2,1-2H3. The summed E-state index contributed by atoms with van der Waals surface area (Å²) in [5.41, 5.74) is -0.00558. The quantitative estimate of drug-likeness (QED) is 0.743. The number of likely N-dealkylation sites (tertiary alicyclic amines) is 1. The summed E-state index contributed by atoms with van der Waals surface area (Å²) in [6.07, 6.45) is 7.41. The summed E-state index contributed by atoms with van der Waals surface area (Å²) in [5.74, 6) is 1.39. The Bertz CT molecular complexity index is 274. The zero-order valence-corrected chi connectivity index (χ0v) is 13.2. The van der Waals surface area contributed by atoms with Gasteiger partial charge in [0.05, 0.1) is 6.61 Å². The maximum absolute atomic E-state index is 9.73. The summed E-state index contributed by atoms with van der Waals surface area (Å²) < 4.78 is 5.26. The molecule has 1 aliphatic heterocycles. The van der Waals surface area contributed by atoms with Gasteiger partial charge in [-0.25, -0.2) is 0 Å². The average Bonchev–Trinajstić information content (AvgIpc) is 2.90. The Kier molecular flexibility index (Phi) is 6.27. The van der Waals surface area contributed by atoms with Crippen LogP contribution in [0, 0.1) is 11.8 Å². The predicted molar refractivity (Wildman–Crippen MR) is 81.9 cm³/mol. The van der Waals surface area contributed by atoms with Crippen LogP contribution in [0.25, 0.3) is 0 Å². The lowest BCUT2D eigenvalue weighted by Crippen LogP contribution is -2.50. The molecule has 2 aliphatic rings. The molecular formula is C16H32N2O2. The van der Waals surface area contributed by atoms with Crippen LogP contribution in [0.2, 0.25) is 0 Å². The number of aliphatic hydroxyl groups excluding tert-OH is 1. The van der Waals surface area contributed by atoms with Crippen LogP contribution >= 0.6 is 0 Å². The molecule has 0 amide bonds. The molecule has 4 heteroatoms. The van der Waals surface area contributed by atoms with Crippen molar-refractivity contribution in [3.05, 3.63) is 0 Å². The fourth-order valence-corrected chi connectivity index (χ4v) is 4.13. The summed E-state index contributed by atoms with van der Waals surface area (Å²) in [6, 6.07) is 0. The third-order valence-electron chi connectivity index (χ3n) is 5.64. The van der Waals surface area contributed by atoms with Crippen LogP contribution in [0.15, 0.2) is 0 Å². The number of ether oxygens (including phenoxy) is 1. The van der Waals surface area contributed by atoms with Crippen LogP contribution in [0.4, 0.5) is 0 Å². The Balaban J connectivity index is 1.73. The summed E-state index contributed by atoms with van der Waals surface area (Å²) in [7, 11) is 3.81. The first-order valence-corrected chi connectivity index (χ1v) is 8.25. The van der Waals surface area contributed by atoms with E-state index in [9.17, 15) is 5.11 Å². The number of hydrogen-bond acceptors (Lipinski definition) is 4. The van der Waals surface area contributed by atoms with Crippen molar-refractivity contribution >= 4 is 0 Å². The van der Waals surface area contributed by atoms with Crippen LogP contribution in [-0.4, -0.2) is 62.6 Å². The number of piperidine rings is 1. The molecule has 0 aromatic rings. The highest BCUT2D eigenvalue weighted by Gasteiger charge is 2.40. The fourth-order valence-electron chi connectivity index (χ4n) is 4.13. The summed E-state index contributed by atoms with van der Waals surface area (Å²) >= 11 is 0. The van der Waals surface area contributed by atoms with Gasteiger partial charge in [0.2, 0.25) is 0 Å².